The maximum atomic E-state index is 12.1. The van der Waals surface area contributed by atoms with Gasteiger partial charge in [-0.25, -0.2) is 0 Å². The minimum Gasteiger partial charge on any atom is -0.500 e. The number of methoxy groups -OCH3 is 1. The van der Waals surface area contributed by atoms with Crippen molar-refractivity contribution in [2.75, 3.05) is 33.4 Å². The molecule has 0 bridgehead atoms. The fraction of sp³-hybridized carbons (Fsp3) is 0.333. The molecule has 2 heterocycles. The van der Waals surface area contributed by atoms with Gasteiger partial charge in [0.1, 0.15) is 0 Å². The second-order valence-corrected chi connectivity index (χ2v) is 6.27. The predicted octanol–water partition coefficient (Wildman–Crippen LogP) is 1.61. The van der Waals surface area contributed by atoms with Crippen LogP contribution in [0.2, 0.25) is 0 Å². The smallest absolute Gasteiger partial charge is 0.315 e. The van der Waals surface area contributed by atoms with Crippen molar-refractivity contribution in [2.45, 2.75) is 0 Å². The lowest BCUT2D eigenvalue weighted by Crippen LogP contribution is -2.38. The van der Waals surface area contributed by atoms with Gasteiger partial charge in [-0.2, -0.15) is 4.99 Å². The Kier molecular flexibility index (Phi) is 4.91. The number of nitro benzene ring substituents is 1. The van der Waals surface area contributed by atoms with Gasteiger partial charge in [-0.3, -0.25) is 14.9 Å². The number of thioether (sulfide) groups is 1. The van der Waals surface area contributed by atoms with Gasteiger partial charge in [-0.05, 0) is 29.5 Å². The number of phenolic OH excluding ortho intramolecular Hbond substituents is 1. The van der Waals surface area contributed by atoms with Crippen molar-refractivity contribution < 1.29 is 24.3 Å². The van der Waals surface area contributed by atoms with Crippen LogP contribution in [0, 0.1) is 10.1 Å². The van der Waals surface area contributed by atoms with Crippen molar-refractivity contribution in [3.8, 4) is 11.5 Å². The molecule has 0 aromatic heterocycles. The summed E-state index contributed by atoms with van der Waals surface area (Å²) in [4.78, 5) is 28.8. The lowest BCUT2D eigenvalue weighted by Gasteiger charge is -2.27. The molecule has 0 unspecified atom stereocenters. The highest BCUT2D eigenvalue weighted by Gasteiger charge is 2.28. The van der Waals surface area contributed by atoms with Gasteiger partial charge in [0.05, 0.1) is 30.2 Å². The van der Waals surface area contributed by atoms with Crippen molar-refractivity contribution >= 4 is 34.6 Å². The lowest BCUT2D eigenvalue weighted by atomic mass is 10.1. The summed E-state index contributed by atoms with van der Waals surface area (Å²) in [5.41, 5.74) is -0.119. The van der Waals surface area contributed by atoms with Gasteiger partial charge in [0, 0.05) is 19.2 Å². The molecule has 0 spiro atoms. The van der Waals surface area contributed by atoms with E-state index < -0.39 is 22.3 Å². The number of morpholine rings is 1. The van der Waals surface area contributed by atoms with Gasteiger partial charge in [0.15, 0.2) is 10.9 Å². The Labute approximate surface area is 147 Å². The number of amidine groups is 1. The summed E-state index contributed by atoms with van der Waals surface area (Å²) >= 11 is 1.21. The molecule has 25 heavy (non-hydrogen) atoms. The number of nitro groups is 1. The van der Waals surface area contributed by atoms with Crippen LogP contribution in [-0.4, -0.2) is 59.4 Å². The van der Waals surface area contributed by atoms with Gasteiger partial charge in [-0.1, -0.05) is 0 Å². The number of phenols is 1. The molecule has 1 aromatic rings. The fourth-order valence-electron chi connectivity index (χ4n) is 2.43. The molecule has 1 fully saturated rings. The number of hydrogen-bond donors (Lipinski definition) is 1. The van der Waals surface area contributed by atoms with Gasteiger partial charge in [0.25, 0.3) is 5.91 Å². The summed E-state index contributed by atoms with van der Waals surface area (Å²) in [5, 5.41) is 21.5. The molecular formula is C15H15N3O6S. The van der Waals surface area contributed by atoms with Crippen LogP contribution in [0.15, 0.2) is 22.0 Å². The van der Waals surface area contributed by atoms with Crippen LogP contribution in [0.1, 0.15) is 5.56 Å². The number of carbonyl (C=O) groups excluding carboxylic acids is 1. The molecule has 0 atom stereocenters. The zero-order valence-electron chi connectivity index (χ0n) is 13.3. The first-order valence-corrected chi connectivity index (χ1v) is 8.22. The molecule has 3 rings (SSSR count). The van der Waals surface area contributed by atoms with Crippen LogP contribution in [0.3, 0.4) is 0 Å². The predicted molar refractivity (Wildman–Crippen MR) is 91.7 cm³/mol. The van der Waals surface area contributed by atoms with E-state index in [0.717, 1.165) is 0 Å². The second-order valence-electron chi connectivity index (χ2n) is 5.26. The third-order valence-corrected chi connectivity index (χ3v) is 4.73. The van der Waals surface area contributed by atoms with Crippen LogP contribution in [0.25, 0.3) is 6.08 Å². The molecule has 0 aliphatic carbocycles. The summed E-state index contributed by atoms with van der Waals surface area (Å²) in [7, 11) is 1.30. The first kappa shape index (κ1) is 17.2. The van der Waals surface area contributed by atoms with Crippen LogP contribution in [0.5, 0.6) is 11.5 Å². The topological polar surface area (TPSA) is 115 Å². The van der Waals surface area contributed by atoms with Crippen LogP contribution >= 0.6 is 11.8 Å². The maximum Gasteiger partial charge on any atom is 0.315 e. The fourth-order valence-corrected chi connectivity index (χ4v) is 3.40. The van der Waals surface area contributed by atoms with Crippen LogP contribution in [-0.2, 0) is 9.53 Å². The molecular weight excluding hydrogens is 350 g/mol. The molecule has 2 aliphatic rings. The second kappa shape index (κ2) is 7.11. The lowest BCUT2D eigenvalue weighted by molar-refractivity contribution is -0.386. The third-order valence-electron chi connectivity index (χ3n) is 3.68. The minimum absolute atomic E-state index is 0.0363. The molecule has 1 aromatic carbocycles. The van der Waals surface area contributed by atoms with Crippen molar-refractivity contribution in [1.82, 2.24) is 4.90 Å². The normalized spacial score (nSPS) is 19.2. The Morgan fingerprint density at radius 1 is 1.44 bits per heavy atom. The highest BCUT2D eigenvalue weighted by molar-refractivity contribution is 8.18. The average molecular weight is 365 g/mol. The molecule has 1 saturated heterocycles. The molecule has 1 N–H and O–H groups in total. The number of rotatable bonds is 3. The minimum atomic E-state index is -0.709. The summed E-state index contributed by atoms with van der Waals surface area (Å²) in [6.07, 6.45) is 1.50. The summed E-state index contributed by atoms with van der Waals surface area (Å²) in [5.74, 6) is -0.989. The summed E-state index contributed by atoms with van der Waals surface area (Å²) in [6.45, 7) is 2.47. The molecule has 132 valence electrons. The van der Waals surface area contributed by atoms with Crippen LogP contribution < -0.4 is 4.74 Å². The first-order chi connectivity index (χ1) is 12.0. The SMILES string of the molecule is COc1cc(/C=C2\SC(N3CCOCC3)=NC2=O)cc([N+](=O)[O-])c1O. The molecule has 0 radical (unpaired) electrons. The van der Waals surface area contributed by atoms with Gasteiger partial charge in [-0.15, -0.1) is 0 Å². The van der Waals surface area contributed by atoms with Gasteiger partial charge >= 0.3 is 5.69 Å². The standard InChI is InChI=1S/C15H15N3O6S/c1-23-11-7-9(6-10(13(11)19)18(21)22)8-12-14(20)16-15(25-12)17-2-4-24-5-3-17/h6-8,19H,2-5H2,1H3/b12-8-. The van der Waals surface area contributed by atoms with Gasteiger partial charge in [0.2, 0.25) is 5.75 Å². The van der Waals surface area contributed by atoms with Crippen molar-refractivity contribution in [3.05, 3.63) is 32.7 Å². The van der Waals surface area contributed by atoms with Crippen molar-refractivity contribution in [1.29, 1.82) is 0 Å². The maximum absolute atomic E-state index is 12.1. The average Bonchev–Trinajstić information content (AvgIpc) is 2.97. The van der Waals surface area contributed by atoms with Crippen LogP contribution in [0.4, 0.5) is 5.69 Å². The van der Waals surface area contributed by atoms with Crippen molar-refractivity contribution in [2.24, 2.45) is 4.99 Å². The zero-order valence-corrected chi connectivity index (χ0v) is 14.1. The number of benzene rings is 1. The Balaban J connectivity index is 1.87. The monoisotopic (exact) mass is 365 g/mol. The Morgan fingerprint density at radius 3 is 2.80 bits per heavy atom. The summed E-state index contributed by atoms with van der Waals surface area (Å²) < 4.78 is 10.2. The molecule has 0 saturated carbocycles. The number of carbonyl (C=O) groups is 1. The van der Waals surface area contributed by atoms with E-state index in [-0.39, 0.29) is 5.75 Å². The summed E-state index contributed by atoms with van der Waals surface area (Å²) in [6, 6.07) is 2.61. The highest BCUT2D eigenvalue weighted by atomic mass is 32.2. The van der Waals surface area contributed by atoms with E-state index in [2.05, 4.69) is 4.99 Å². The molecule has 9 nitrogen and oxygen atoms in total. The van der Waals surface area contributed by atoms with E-state index >= 15 is 0 Å². The number of aliphatic imine (C=N–C) groups is 1. The molecule has 2 aliphatic heterocycles. The number of amides is 1. The van der Waals surface area contributed by atoms with Gasteiger partial charge < -0.3 is 19.5 Å². The Bertz CT molecular complexity index is 786. The first-order valence-electron chi connectivity index (χ1n) is 7.40. The van der Waals surface area contributed by atoms with Crippen molar-refractivity contribution in [3.63, 3.8) is 0 Å². The van der Waals surface area contributed by atoms with E-state index in [4.69, 9.17) is 9.47 Å². The van der Waals surface area contributed by atoms with E-state index in [9.17, 15) is 20.0 Å². The Morgan fingerprint density at radius 2 is 2.16 bits per heavy atom. The third kappa shape index (κ3) is 3.59. The quantitative estimate of drug-likeness (QED) is 0.488. The number of ether oxygens (including phenoxy) is 2. The zero-order chi connectivity index (χ0) is 18.0. The number of nitrogens with zero attached hydrogens (tertiary/aromatic N) is 3. The highest BCUT2D eigenvalue weighted by Crippen LogP contribution is 2.38. The van der Waals surface area contributed by atoms with E-state index in [1.807, 2.05) is 4.90 Å². The Hall–Kier alpha value is -2.59. The van der Waals surface area contributed by atoms with E-state index in [1.54, 1.807) is 0 Å². The van der Waals surface area contributed by atoms with E-state index in [0.29, 0.717) is 41.9 Å². The molecule has 10 heteroatoms. The van der Waals surface area contributed by atoms with E-state index in [1.165, 1.54) is 37.1 Å². The number of hydrogen-bond acceptors (Lipinski definition) is 8. The largest absolute Gasteiger partial charge is 0.500 e. The molecule has 1 amide bonds. The number of aromatic hydroxyl groups is 1.